The third kappa shape index (κ3) is 1.43. The Morgan fingerprint density at radius 3 is 2.12 bits per heavy atom. The van der Waals surface area contributed by atoms with Crippen molar-refractivity contribution >= 4 is 6.08 Å². The van der Waals surface area contributed by atoms with E-state index in [1.807, 2.05) is 0 Å². The fraction of sp³-hybridized carbons (Fsp3) is 0.529. The van der Waals surface area contributed by atoms with Gasteiger partial charge in [-0.15, -0.1) is 0 Å². The highest BCUT2D eigenvalue weighted by Crippen LogP contribution is 2.45. The van der Waals surface area contributed by atoms with Gasteiger partial charge in [0.1, 0.15) is 0 Å². The van der Waals surface area contributed by atoms with E-state index in [1.54, 1.807) is 22.3 Å². The summed E-state index contributed by atoms with van der Waals surface area (Å²) in [5.41, 5.74) is 6.63. The molecular formula is C17H20. The lowest BCUT2D eigenvalue weighted by atomic mass is 9.73. The van der Waals surface area contributed by atoms with Crippen molar-refractivity contribution in [1.82, 2.24) is 0 Å². The molecule has 2 saturated carbocycles. The van der Waals surface area contributed by atoms with Gasteiger partial charge in [-0.3, -0.25) is 0 Å². The molecule has 0 nitrogen and oxygen atoms in total. The Morgan fingerprint density at radius 2 is 1.47 bits per heavy atom. The molecule has 3 aliphatic rings. The van der Waals surface area contributed by atoms with Crippen molar-refractivity contribution in [3.63, 3.8) is 0 Å². The Balaban J connectivity index is 1.78. The SMILES string of the molecule is C1=Cc2c(C3CCC3)ccc(C3CCC3)c2C1. The molecule has 0 saturated heterocycles. The summed E-state index contributed by atoms with van der Waals surface area (Å²) in [4.78, 5) is 0. The lowest BCUT2D eigenvalue weighted by Crippen LogP contribution is -2.14. The van der Waals surface area contributed by atoms with Crippen LogP contribution in [0.2, 0.25) is 0 Å². The van der Waals surface area contributed by atoms with Crippen LogP contribution in [0.3, 0.4) is 0 Å². The molecule has 4 rings (SSSR count). The van der Waals surface area contributed by atoms with Crippen LogP contribution in [-0.2, 0) is 6.42 Å². The summed E-state index contributed by atoms with van der Waals surface area (Å²) < 4.78 is 0. The Bertz CT molecular complexity index is 473. The van der Waals surface area contributed by atoms with Gasteiger partial charge < -0.3 is 0 Å². The van der Waals surface area contributed by atoms with Gasteiger partial charge >= 0.3 is 0 Å². The largest absolute Gasteiger partial charge is 0.0795 e. The quantitative estimate of drug-likeness (QED) is 0.677. The van der Waals surface area contributed by atoms with Gasteiger partial charge in [0.05, 0.1) is 0 Å². The molecule has 0 bridgehead atoms. The van der Waals surface area contributed by atoms with Crippen molar-refractivity contribution in [1.29, 1.82) is 0 Å². The Kier molecular flexibility index (Phi) is 2.18. The second-order valence-corrected chi connectivity index (χ2v) is 6.00. The van der Waals surface area contributed by atoms with Gasteiger partial charge in [0.15, 0.2) is 0 Å². The monoisotopic (exact) mass is 224 g/mol. The van der Waals surface area contributed by atoms with Crippen molar-refractivity contribution < 1.29 is 0 Å². The van der Waals surface area contributed by atoms with Crippen molar-refractivity contribution in [2.24, 2.45) is 0 Å². The minimum atomic E-state index is 0.877. The number of hydrogen-bond donors (Lipinski definition) is 0. The van der Waals surface area contributed by atoms with Crippen LogP contribution in [0.4, 0.5) is 0 Å². The Hall–Kier alpha value is -1.04. The zero-order valence-electron chi connectivity index (χ0n) is 10.4. The van der Waals surface area contributed by atoms with E-state index in [-0.39, 0.29) is 0 Å². The maximum atomic E-state index is 2.46. The van der Waals surface area contributed by atoms with E-state index >= 15 is 0 Å². The van der Waals surface area contributed by atoms with Crippen LogP contribution in [0, 0.1) is 0 Å². The topological polar surface area (TPSA) is 0 Å². The first-order valence-corrected chi connectivity index (χ1v) is 7.25. The predicted octanol–water partition coefficient (Wildman–Crippen LogP) is 4.79. The maximum Gasteiger partial charge on any atom is -0.00852 e. The molecular weight excluding hydrogens is 204 g/mol. The lowest BCUT2D eigenvalue weighted by molar-refractivity contribution is 0.412. The normalized spacial score (nSPS) is 23.3. The van der Waals surface area contributed by atoms with Gasteiger partial charge in [-0.2, -0.15) is 0 Å². The van der Waals surface area contributed by atoms with Gasteiger partial charge in [-0.1, -0.05) is 37.1 Å². The second kappa shape index (κ2) is 3.73. The molecule has 0 unspecified atom stereocenters. The van der Waals surface area contributed by atoms with Crippen molar-refractivity contribution in [3.8, 4) is 0 Å². The molecule has 0 aliphatic heterocycles. The summed E-state index contributed by atoms with van der Waals surface area (Å²) in [7, 11) is 0. The third-order valence-corrected chi connectivity index (χ3v) is 5.12. The van der Waals surface area contributed by atoms with Gasteiger partial charge in [0, 0.05) is 0 Å². The molecule has 0 aromatic heterocycles. The van der Waals surface area contributed by atoms with Crippen LogP contribution in [0.25, 0.3) is 6.08 Å². The van der Waals surface area contributed by atoms with E-state index in [4.69, 9.17) is 0 Å². The van der Waals surface area contributed by atoms with Crippen LogP contribution in [-0.4, -0.2) is 0 Å². The van der Waals surface area contributed by atoms with Crippen molar-refractivity contribution in [2.45, 2.75) is 56.8 Å². The van der Waals surface area contributed by atoms with Crippen LogP contribution in [0.15, 0.2) is 18.2 Å². The van der Waals surface area contributed by atoms with Crippen LogP contribution < -0.4 is 0 Å². The van der Waals surface area contributed by atoms with E-state index < -0.39 is 0 Å². The molecule has 3 aliphatic carbocycles. The Labute approximate surface area is 104 Å². The van der Waals surface area contributed by atoms with E-state index in [0.717, 1.165) is 11.8 Å². The molecule has 0 atom stereocenters. The number of fused-ring (bicyclic) bond motifs is 1. The van der Waals surface area contributed by atoms with E-state index in [1.165, 1.54) is 44.9 Å². The van der Waals surface area contributed by atoms with Crippen molar-refractivity contribution in [3.05, 3.63) is 40.5 Å². The first kappa shape index (κ1) is 9.94. The minimum Gasteiger partial charge on any atom is -0.0795 e. The summed E-state index contributed by atoms with van der Waals surface area (Å²) in [5.74, 6) is 1.76. The highest BCUT2D eigenvalue weighted by atomic mass is 14.3. The smallest absolute Gasteiger partial charge is 0.00852 e. The second-order valence-electron chi connectivity index (χ2n) is 6.00. The third-order valence-electron chi connectivity index (χ3n) is 5.12. The molecule has 17 heavy (non-hydrogen) atoms. The highest BCUT2D eigenvalue weighted by molar-refractivity contribution is 5.67. The van der Waals surface area contributed by atoms with Crippen LogP contribution >= 0.6 is 0 Å². The maximum absolute atomic E-state index is 2.46. The van der Waals surface area contributed by atoms with Crippen LogP contribution in [0.5, 0.6) is 0 Å². The number of rotatable bonds is 2. The summed E-state index contributed by atoms with van der Waals surface area (Å²) in [6.07, 6.45) is 14.5. The van der Waals surface area contributed by atoms with Crippen LogP contribution in [0.1, 0.15) is 72.6 Å². The summed E-state index contributed by atoms with van der Waals surface area (Å²) in [6, 6.07) is 4.91. The molecule has 0 spiro atoms. The molecule has 2 fully saturated rings. The fourth-order valence-corrected chi connectivity index (χ4v) is 3.60. The fourth-order valence-electron chi connectivity index (χ4n) is 3.60. The molecule has 1 aromatic carbocycles. The zero-order valence-corrected chi connectivity index (χ0v) is 10.4. The minimum absolute atomic E-state index is 0.877. The lowest BCUT2D eigenvalue weighted by Gasteiger charge is -2.31. The molecule has 0 heterocycles. The van der Waals surface area contributed by atoms with Crippen molar-refractivity contribution in [2.75, 3.05) is 0 Å². The van der Waals surface area contributed by atoms with E-state index in [2.05, 4.69) is 24.3 Å². The van der Waals surface area contributed by atoms with Gasteiger partial charge in [0.25, 0.3) is 0 Å². The zero-order chi connectivity index (χ0) is 11.2. The highest BCUT2D eigenvalue weighted by Gasteiger charge is 2.28. The van der Waals surface area contributed by atoms with Gasteiger partial charge in [0.2, 0.25) is 0 Å². The number of hydrogen-bond acceptors (Lipinski definition) is 0. The average Bonchev–Trinajstić information content (AvgIpc) is 2.64. The van der Waals surface area contributed by atoms with E-state index in [9.17, 15) is 0 Å². The molecule has 0 N–H and O–H groups in total. The first-order chi connectivity index (χ1) is 8.43. The molecule has 0 amide bonds. The summed E-state index contributed by atoms with van der Waals surface area (Å²) in [5, 5.41) is 0. The number of allylic oxidation sites excluding steroid dienone is 1. The summed E-state index contributed by atoms with van der Waals surface area (Å²) >= 11 is 0. The molecule has 1 aromatic rings. The molecule has 0 heteroatoms. The van der Waals surface area contributed by atoms with Gasteiger partial charge in [-0.05, 0) is 66.2 Å². The predicted molar refractivity (Wildman–Crippen MR) is 72.4 cm³/mol. The van der Waals surface area contributed by atoms with E-state index in [0.29, 0.717) is 0 Å². The number of benzene rings is 1. The summed E-state index contributed by atoms with van der Waals surface area (Å²) in [6.45, 7) is 0. The standard InChI is InChI=1S/C17H20/c1-4-12(5-1)14-10-11-15(13-6-2-7-13)17-9-3-8-16(14)17/h3,8,10-13H,1-2,4-7,9H2. The molecule has 0 radical (unpaired) electrons. The Morgan fingerprint density at radius 1 is 0.824 bits per heavy atom. The van der Waals surface area contributed by atoms with Gasteiger partial charge in [-0.25, -0.2) is 0 Å². The first-order valence-electron chi connectivity index (χ1n) is 7.25. The molecule has 88 valence electrons. The average molecular weight is 224 g/mol.